The first kappa shape index (κ1) is 28.8. The zero-order valence-corrected chi connectivity index (χ0v) is 14.2. The van der Waals surface area contributed by atoms with Crippen LogP contribution in [-0.2, 0) is 6.61 Å². The molecule has 0 aromatic heterocycles. The summed E-state index contributed by atoms with van der Waals surface area (Å²) in [6.07, 6.45) is 0. The van der Waals surface area contributed by atoms with Crippen LogP contribution in [0.2, 0.25) is 0 Å². The fourth-order valence-electron chi connectivity index (χ4n) is 1.26. The van der Waals surface area contributed by atoms with Crippen LogP contribution in [0.5, 0.6) is 5.75 Å². The van der Waals surface area contributed by atoms with E-state index in [0.29, 0.717) is 6.61 Å². The van der Waals surface area contributed by atoms with Crippen molar-refractivity contribution >= 4 is 21.8 Å². The van der Waals surface area contributed by atoms with Gasteiger partial charge in [-0.3, -0.25) is 0 Å². The normalized spacial score (nSPS) is 10.9. The average molecular weight is 445 g/mol. The first-order chi connectivity index (χ1) is 12.9. The lowest BCUT2D eigenvalue weighted by Gasteiger charge is -2.05. The summed E-state index contributed by atoms with van der Waals surface area (Å²) in [4.78, 5) is 0. The van der Waals surface area contributed by atoms with Crippen LogP contribution >= 0.6 is 0 Å². The SMILES string of the molecule is F[B-](F)(F)F.F[B-](F)(F)F.F[B-](F)(F)F.c1ccc(COc2ccccc2)cc1. The van der Waals surface area contributed by atoms with Gasteiger partial charge in [0.15, 0.2) is 0 Å². The predicted octanol–water partition coefficient (Wildman–Crippen LogP) is 7.17. The van der Waals surface area contributed by atoms with E-state index in [-0.39, 0.29) is 0 Å². The van der Waals surface area contributed by atoms with Crippen molar-refractivity contribution in [2.45, 2.75) is 6.61 Å². The standard InChI is InChI=1S/C13H12O.3BF4/c1-3-7-12(8-4-1)11-14-13-9-5-2-6-10-13;3*2-1(3,4)5/h1-10H,11H2;;;/q;3*-1. The van der Waals surface area contributed by atoms with Gasteiger partial charge in [0, 0.05) is 0 Å². The molecule has 0 saturated heterocycles. The Labute approximate surface area is 158 Å². The van der Waals surface area contributed by atoms with E-state index in [1.807, 2.05) is 48.5 Å². The fourth-order valence-corrected chi connectivity index (χ4v) is 1.26. The van der Waals surface area contributed by atoms with Gasteiger partial charge in [0.1, 0.15) is 12.4 Å². The minimum Gasteiger partial charge on any atom is -0.489 e. The molecule has 0 aliphatic carbocycles. The number of benzene rings is 2. The number of hydrogen-bond acceptors (Lipinski definition) is 1. The van der Waals surface area contributed by atoms with Gasteiger partial charge in [-0.15, -0.1) is 0 Å². The van der Waals surface area contributed by atoms with Gasteiger partial charge in [-0.1, -0.05) is 48.5 Å². The van der Waals surface area contributed by atoms with Gasteiger partial charge in [0.05, 0.1) is 0 Å². The van der Waals surface area contributed by atoms with Crippen molar-refractivity contribution in [3.8, 4) is 5.75 Å². The van der Waals surface area contributed by atoms with E-state index in [1.165, 1.54) is 5.56 Å². The molecule has 0 saturated carbocycles. The molecule has 29 heavy (non-hydrogen) atoms. The maximum Gasteiger partial charge on any atom is 0.673 e. The molecule has 16 heteroatoms. The Hall–Kier alpha value is -2.41. The van der Waals surface area contributed by atoms with Crippen molar-refractivity contribution in [1.82, 2.24) is 0 Å². The van der Waals surface area contributed by atoms with Crippen LogP contribution in [0.3, 0.4) is 0 Å². The topological polar surface area (TPSA) is 9.23 Å². The minimum absolute atomic E-state index is 0.630. The van der Waals surface area contributed by atoms with Crippen LogP contribution in [0.4, 0.5) is 51.8 Å². The van der Waals surface area contributed by atoms with Crippen molar-refractivity contribution in [2.75, 3.05) is 0 Å². The van der Waals surface area contributed by atoms with Crippen molar-refractivity contribution < 1.29 is 56.5 Å². The highest BCUT2D eigenvalue weighted by Crippen LogP contribution is 2.11. The van der Waals surface area contributed by atoms with E-state index in [1.54, 1.807) is 0 Å². The Morgan fingerprint density at radius 2 is 0.759 bits per heavy atom. The lowest BCUT2D eigenvalue weighted by Crippen LogP contribution is -2.02. The average Bonchev–Trinajstić information content (AvgIpc) is 2.50. The maximum absolute atomic E-state index is 9.75. The number of ether oxygens (including phenoxy) is 1. The maximum atomic E-state index is 9.75. The van der Waals surface area contributed by atoms with Gasteiger partial charge in [0.2, 0.25) is 0 Å². The lowest BCUT2D eigenvalue weighted by atomic mass is 10.2. The molecule has 0 bridgehead atoms. The Morgan fingerprint density at radius 1 is 0.483 bits per heavy atom. The van der Waals surface area contributed by atoms with E-state index in [0.717, 1.165) is 5.75 Å². The second-order valence-corrected chi connectivity index (χ2v) is 4.57. The summed E-state index contributed by atoms with van der Waals surface area (Å²) in [5, 5.41) is 0. The largest absolute Gasteiger partial charge is 0.673 e. The number of rotatable bonds is 3. The zero-order chi connectivity index (χ0) is 23.1. The summed E-state index contributed by atoms with van der Waals surface area (Å²) in [5.74, 6) is 0.913. The molecule has 2 rings (SSSR count). The van der Waals surface area contributed by atoms with Crippen LogP contribution in [0.15, 0.2) is 60.7 Å². The van der Waals surface area contributed by atoms with Gasteiger partial charge in [-0.05, 0) is 17.7 Å². The molecule has 0 unspecified atom stereocenters. The smallest absolute Gasteiger partial charge is 0.489 e. The van der Waals surface area contributed by atoms with Gasteiger partial charge in [0.25, 0.3) is 0 Å². The van der Waals surface area contributed by atoms with Crippen LogP contribution in [0.25, 0.3) is 0 Å². The van der Waals surface area contributed by atoms with Gasteiger partial charge in [-0.2, -0.15) is 0 Å². The summed E-state index contributed by atoms with van der Waals surface area (Å²) >= 11 is 0. The van der Waals surface area contributed by atoms with Crippen molar-refractivity contribution in [3.05, 3.63) is 66.2 Å². The quantitative estimate of drug-likeness (QED) is 0.360. The Morgan fingerprint density at radius 3 is 1.07 bits per heavy atom. The summed E-state index contributed by atoms with van der Waals surface area (Å²) in [7, 11) is -18.0. The highest BCUT2D eigenvalue weighted by molar-refractivity contribution is 6.50. The van der Waals surface area contributed by atoms with E-state index in [2.05, 4.69) is 12.1 Å². The first-order valence-corrected chi connectivity index (χ1v) is 7.29. The minimum atomic E-state index is -6.00. The molecular formula is C13H12B3F12O-3. The van der Waals surface area contributed by atoms with Gasteiger partial charge >= 0.3 is 21.8 Å². The molecule has 0 N–H and O–H groups in total. The molecule has 0 aliphatic heterocycles. The summed E-state index contributed by atoms with van der Waals surface area (Å²) in [5.41, 5.74) is 1.19. The molecule has 1 nitrogen and oxygen atoms in total. The summed E-state index contributed by atoms with van der Waals surface area (Å²) in [6, 6.07) is 20.0. The molecule has 166 valence electrons. The van der Waals surface area contributed by atoms with E-state index < -0.39 is 21.8 Å². The molecule has 0 atom stereocenters. The molecule has 0 fully saturated rings. The predicted molar refractivity (Wildman–Crippen MR) is 87.8 cm³/mol. The van der Waals surface area contributed by atoms with E-state index >= 15 is 0 Å². The third-order valence-electron chi connectivity index (χ3n) is 1.99. The molecule has 2 aromatic carbocycles. The second-order valence-electron chi connectivity index (χ2n) is 4.57. The van der Waals surface area contributed by atoms with Crippen molar-refractivity contribution in [3.63, 3.8) is 0 Å². The van der Waals surface area contributed by atoms with Crippen molar-refractivity contribution in [1.29, 1.82) is 0 Å². The summed E-state index contributed by atoms with van der Waals surface area (Å²) in [6.45, 7) is 0.630. The highest BCUT2D eigenvalue weighted by Gasteiger charge is 2.21. The molecule has 0 amide bonds. The molecule has 0 radical (unpaired) electrons. The van der Waals surface area contributed by atoms with Gasteiger partial charge in [-0.25, -0.2) is 0 Å². The van der Waals surface area contributed by atoms with Crippen LogP contribution in [0.1, 0.15) is 5.56 Å². The monoisotopic (exact) mass is 445 g/mol. The Bertz CT molecular complexity index is 545. The van der Waals surface area contributed by atoms with Crippen LogP contribution in [0, 0.1) is 0 Å². The third-order valence-corrected chi connectivity index (χ3v) is 1.99. The van der Waals surface area contributed by atoms with Crippen LogP contribution < -0.4 is 4.74 Å². The molecule has 0 spiro atoms. The van der Waals surface area contributed by atoms with E-state index in [9.17, 15) is 51.8 Å². The number of halogens is 12. The van der Waals surface area contributed by atoms with Gasteiger partial charge < -0.3 is 56.5 Å². The summed E-state index contributed by atoms with van der Waals surface area (Å²) < 4.78 is 123. The number of hydrogen-bond donors (Lipinski definition) is 0. The molecule has 0 heterocycles. The third kappa shape index (κ3) is 41.2. The fraction of sp³-hybridized carbons (Fsp3) is 0.0769. The molecule has 0 aliphatic rings. The second kappa shape index (κ2) is 13.7. The highest BCUT2D eigenvalue weighted by atomic mass is 19.5. The molecular weight excluding hydrogens is 433 g/mol. The van der Waals surface area contributed by atoms with Crippen LogP contribution in [-0.4, -0.2) is 21.8 Å². The zero-order valence-electron chi connectivity index (χ0n) is 14.2. The lowest BCUT2D eigenvalue weighted by molar-refractivity contribution is 0.306. The Balaban J connectivity index is 0. The van der Waals surface area contributed by atoms with E-state index in [4.69, 9.17) is 4.74 Å². The first-order valence-electron chi connectivity index (χ1n) is 7.29. The number of para-hydroxylation sites is 1. The Kier molecular flexibility index (Phi) is 13.6. The molecule has 2 aromatic rings. The van der Waals surface area contributed by atoms with Crippen molar-refractivity contribution in [2.24, 2.45) is 0 Å².